The van der Waals surface area contributed by atoms with Gasteiger partial charge in [0, 0.05) is 12.3 Å². The van der Waals surface area contributed by atoms with Gasteiger partial charge >= 0.3 is 6.09 Å². The van der Waals surface area contributed by atoms with Gasteiger partial charge in [0.15, 0.2) is 0 Å². The topological polar surface area (TPSA) is 38.3 Å². The summed E-state index contributed by atoms with van der Waals surface area (Å²) in [6, 6.07) is 4.09. The number of rotatable bonds is 4. The molecule has 1 rings (SSSR count). The minimum Gasteiger partial charge on any atom is -0.444 e. The molecule has 90 valence electrons. The summed E-state index contributed by atoms with van der Waals surface area (Å²) in [7, 11) is 0. The summed E-state index contributed by atoms with van der Waals surface area (Å²) in [6.07, 6.45) is -0.348. The summed E-state index contributed by atoms with van der Waals surface area (Å²) in [5, 5.41) is 4.77. The second kappa shape index (κ2) is 6.15. The zero-order valence-electron chi connectivity index (χ0n) is 9.78. The molecule has 0 aromatic carbocycles. The van der Waals surface area contributed by atoms with Gasteiger partial charge in [-0.2, -0.15) is 0 Å². The third kappa shape index (κ3) is 6.02. The average molecular weight is 259 g/mol. The number of hydrogen-bond acceptors (Lipinski definition) is 4. The van der Waals surface area contributed by atoms with E-state index in [-0.39, 0.29) is 6.09 Å². The zero-order valence-corrected chi connectivity index (χ0v) is 11.4. The van der Waals surface area contributed by atoms with Crippen LogP contribution in [-0.2, 0) is 4.74 Å². The second-order valence-corrected chi connectivity index (χ2v) is 6.55. The van der Waals surface area contributed by atoms with Gasteiger partial charge in [-0.3, -0.25) is 0 Å². The average Bonchev–Trinajstić information content (AvgIpc) is 2.62. The lowest BCUT2D eigenvalue weighted by Gasteiger charge is -2.19. The fourth-order valence-corrected chi connectivity index (χ4v) is 2.68. The van der Waals surface area contributed by atoms with E-state index in [4.69, 9.17) is 4.74 Å². The maximum Gasteiger partial charge on any atom is 0.407 e. The quantitative estimate of drug-likeness (QED) is 0.665. The predicted octanol–water partition coefficient (Wildman–Crippen LogP) is 3.36. The largest absolute Gasteiger partial charge is 0.444 e. The highest BCUT2D eigenvalue weighted by atomic mass is 32.2. The molecule has 1 heterocycles. The molecule has 3 nitrogen and oxygen atoms in total. The van der Waals surface area contributed by atoms with Crippen LogP contribution in [0.5, 0.6) is 0 Å². The van der Waals surface area contributed by atoms with E-state index < -0.39 is 5.60 Å². The summed E-state index contributed by atoms with van der Waals surface area (Å²) in [6.45, 7) is 6.18. The minimum atomic E-state index is -0.426. The SMILES string of the molecule is CC(C)(C)OC(=O)NCCSc1cccs1. The highest BCUT2D eigenvalue weighted by Gasteiger charge is 2.15. The number of thiophene rings is 1. The Hall–Kier alpha value is -0.680. The number of carbonyl (C=O) groups is 1. The summed E-state index contributed by atoms with van der Waals surface area (Å²) < 4.78 is 6.39. The van der Waals surface area contributed by atoms with Crippen molar-refractivity contribution in [2.24, 2.45) is 0 Å². The monoisotopic (exact) mass is 259 g/mol. The van der Waals surface area contributed by atoms with Crippen molar-refractivity contribution in [1.82, 2.24) is 5.32 Å². The molecular formula is C11H17NO2S2. The van der Waals surface area contributed by atoms with Crippen LogP contribution >= 0.6 is 23.1 Å². The van der Waals surface area contributed by atoms with Crippen molar-refractivity contribution < 1.29 is 9.53 Å². The van der Waals surface area contributed by atoms with Crippen LogP contribution in [-0.4, -0.2) is 24.0 Å². The molecule has 0 unspecified atom stereocenters. The van der Waals surface area contributed by atoms with E-state index in [0.717, 1.165) is 5.75 Å². The normalized spacial score (nSPS) is 11.2. The molecule has 5 heteroatoms. The first-order valence-electron chi connectivity index (χ1n) is 5.10. The lowest BCUT2D eigenvalue weighted by molar-refractivity contribution is 0.0531. The van der Waals surface area contributed by atoms with Crippen LogP contribution in [0.3, 0.4) is 0 Å². The van der Waals surface area contributed by atoms with Gasteiger partial charge in [-0.25, -0.2) is 4.79 Å². The number of thioether (sulfide) groups is 1. The Morgan fingerprint density at radius 1 is 1.56 bits per heavy atom. The van der Waals surface area contributed by atoms with Crippen LogP contribution in [0.25, 0.3) is 0 Å². The first-order valence-corrected chi connectivity index (χ1v) is 6.97. The van der Waals surface area contributed by atoms with Gasteiger partial charge in [0.1, 0.15) is 5.60 Å². The van der Waals surface area contributed by atoms with E-state index >= 15 is 0 Å². The van der Waals surface area contributed by atoms with Crippen LogP contribution in [0.2, 0.25) is 0 Å². The smallest absolute Gasteiger partial charge is 0.407 e. The van der Waals surface area contributed by atoms with E-state index in [9.17, 15) is 4.79 Å². The third-order valence-electron chi connectivity index (χ3n) is 1.51. The highest BCUT2D eigenvalue weighted by molar-refractivity contribution is 8.01. The fourth-order valence-electron chi connectivity index (χ4n) is 0.965. The fraction of sp³-hybridized carbons (Fsp3) is 0.545. The molecule has 0 bridgehead atoms. The molecule has 0 aliphatic rings. The maximum atomic E-state index is 11.3. The Morgan fingerprint density at radius 2 is 2.31 bits per heavy atom. The van der Waals surface area contributed by atoms with Crippen LogP contribution in [0.4, 0.5) is 4.79 Å². The molecule has 0 aliphatic carbocycles. The van der Waals surface area contributed by atoms with Gasteiger partial charge in [-0.15, -0.1) is 23.1 Å². The van der Waals surface area contributed by atoms with Crippen molar-refractivity contribution in [2.75, 3.05) is 12.3 Å². The van der Waals surface area contributed by atoms with Gasteiger partial charge in [0.25, 0.3) is 0 Å². The molecule has 0 radical (unpaired) electrons. The predicted molar refractivity (Wildman–Crippen MR) is 69.3 cm³/mol. The molecule has 16 heavy (non-hydrogen) atoms. The molecule has 0 saturated carbocycles. The molecular weight excluding hydrogens is 242 g/mol. The van der Waals surface area contributed by atoms with E-state index in [1.165, 1.54) is 4.21 Å². The van der Waals surface area contributed by atoms with Crippen molar-refractivity contribution in [1.29, 1.82) is 0 Å². The third-order valence-corrected chi connectivity index (χ3v) is 3.64. The zero-order chi connectivity index (χ0) is 12.0. The van der Waals surface area contributed by atoms with Crippen molar-refractivity contribution in [3.05, 3.63) is 17.5 Å². The Kier molecular flexibility index (Phi) is 5.15. The van der Waals surface area contributed by atoms with Gasteiger partial charge in [0.2, 0.25) is 0 Å². The van der Waals surface area contributed by atoms with Crippen LogP contribution < -0.4 is 5.32 Å². The van der Waals surface area contributed by atoms with Gasteiger partial charge in [-0.05, 0) is 32.2 Å². The molecule has 1 amide bonds. The second-order valence-electron chi connectivity index (χ2n) is 4.21. The molecule has 1 aromatic rings. The van der Waals surface area contributed by atoms with Gasteiger partial charge in [-0.1, -0.05) is 6.07 Å². The molecule has 0 spiro atoms. The lowest BCUT2D eigenvalue weighted by Crippen LogP contribution is -2.33. The maximum absolute atomic E-state index is 11.3. The first-order chi connectivity index (χ1) is 7.47. The summed E-state index contributed by atoms with van der Waals surface area (Å²) in [5.74, 6) is 0.861. The molecule has 1 N–H and O–H groups in total. The molecule has 1 aromatic heterocycles. The van der Waals surface area contributed by atoms with E-state index in [1.54, 1.807) is 23.1 Å². The summed E-state index contributed by atoms with van der Waals surface area (Å²) in [5.41, 5.74) is -0.426. The Balaban J connectivity index is 2.09. The molecule has 0 aliphatic heterocycles. The van der Waals surface area contributed by atoms with Gasteiger partial charge in [0.05, 0.1) is 4.21 Å². The van der Waals surface area contributed by atoms with E-state index in [1.807, 2.05) is 32.2 Å². The van der Waals surface area contributed by atoms with Crippen molar-refractivity contribution in [2.45, 2.75) is 30.6 Å². The number of amides is 1. The summed E-state index contributed by atoms with van der Waals surface area (Å²) >= 11 is 3.45. The minimum absolute atomic E-state index is 0.348. The first kappa shape index (κ1) is 13.4. The van der Waals surface area contributed by atoms with Crippen LogP contribution in [0.1, 0.15) is 20.8 Å². The number of nitrogens with one attached hydrogen (secondary N) is 1. The number of carbonyl (C=O) groups excluding carboxylic acids is 1. The standard InChI is InChI=1S/C11H17NO2S2/c1-11(2,3)14-10(13)12-6-8-16-9-5-4-7-15-9/h4-5,7H,6,8H2,1-3H3,(H,12,13). The molecule has 0 saturated heterocycles. The van der Waals surface area contributed by atoms with Crippen LogP contribution in [0, 0.1) is 0 Å². The lowest BCUT2D eigenvalue weighted by atomic mass is 10.2. The van der Waals surface area contributed by atoms with Crippen molar-refractivity contribution in [3.63, 3.8) is 0 Å². The Labute approximate surface area is 105 Å². The van der Waals surface area contributed by atoms with Gasteiger partial charge < -0.3 is 10.1 Å². The van der Waals surface area contributed by atoms with Crippen molar-refractivity contribution >= 4 is 29.2 Å². The molecule has 0 fully saturated rings. The van der Waals surface area contributed by atoms with Crippen molar-refractivity contribution in [3.8, 4) is 0 Å². The van der Waals surface area contributed by atoms with E-state index in [2.05, 4.69) is 11.4 Å². The number of ether oxygens (including phenoxy) is 1. The number of alkyl carbamates (subject to hydrolysis) is 1. The molecule has 0 atom stereocenters. The Morgan fingerprint density at radius 3 is 2.88 bits per heavy atom. The Bertz CT molecular complexity index is 317. The van der Waals surface area contributed by atoms with E-state index in [0.29, 0.717) is 6.54 Å². The van der Waals surface area contributed by atoms with Crippen LogP contribution in [0.15, 0.2) is 21.7 Å². The summed E-state index contributed by atoms with van der Waals surface area (Å²) in [4.78, 5) is 11.3. The highest BCUT2D eigenvalue weighted by Crippen LogP contribution is 2.22. The number of hydrogen-bond donors (Lipinski definition) is 1.